The lowest BCUT2D eigenvalue weighted by Gasteiger charge is -2.28. The van der Waals surface area contributed by atoms with Crippen LogP contribution in [0.1, 0.15) is 26.2 Å². The zero-order valence-corrected chi connectivity index (χ0v) is 8.40. The minimum absolute atomic E-state index is 0.239. The van der Waals surface area contributed by atoms with Gasteiger partial charge < -0.3 is 14.2 Å². The van der Waals surface area contributed by atoms with E-state index >= 15 is 0 Å². The Morgan fingerprint density at radius 2 is 2.29 bits per heavy atom. The van der Waals surface area contributed by atoms with Crippen LogP contribution in [0.3, 0.4) is 0 Å². The van der Waals surface area contributed by atoms with Crippen molar-refractivity contribution in [3.8, 4) is 0 Å². The first-order valence-electron chi connectivity index (χ1n) is 4.86. The summed E-state index contributed by atoms with van der Waals surface area (Å²) < 4.78 is 15.6. The molecule has 2 atom stereocenters. The van der Waals surface area contributed by atoms with E-state index in [4.69, 9.17) is 14.2 Å². The number of carbonyl (C=O) groups excluding carboxylic acids is 1. The van der Waals surface area contributed by atoms with E-state index in [-0.39, 0.29) is 6.29 Å². The maximum absolute atomic E-state index is 10.9. The van der Waals surface area contributed by atoms with Gasteiger partial charge in [0.25, 0.3) is 0 Å². The summed E-state index contributed by atoms with van der Waals surface area (Å²) in [6.45, 7) is 5.83. The standard InChI is InChI=1S/C10H16O4/c1-3-8(11)13-10-7-5-6-9(14-10)12-4-2/h3,9-10H,1,4-7H2,2H3. The second kappa shape index (κ2) is 5.78. The predicted octanol–water partition coefficient (Wildman–Crippen LogP) is 1.60. The van der Waals surface area contributed by atoms with Gasteiger partial charge in [-0.15, -0.1) is 0 Å². The van der Waals surface area contributed by atoms with Crippen molar-refractivity contribution in [1.29, 1.82) is 0 Å². The molecule has 4 nitrogen and oxygen atoms in total. The molecule has 0 aromatic carbocycles. The molecule has 0 saturated carbocycles. The molecule has 0 amide bonds. The third kappa shape index (κ3) is 3.47. The van der Waals surface area contributed by atoms with Crippen LogP contribution in [0.5, 0.6) is 0 Å². The fourth-order valence-corrected chi connectivity index (χ4v) is 1.33. The molecule has 0 aromatic heterocycles. The molecule has 1 heterocycles. The molecule has 4 heteroatoms. The van der Waals surface area contributed by atoms with Crippen LogP contribution in [-0.2, 0) is 19.0 Å². The Bertz CT molecular complexity index is 200. The van der Waals surface area contributed by atoms with E-state index in [9.17, 15) is 4.79 Å². The summed E-state index contributed by atoms with van der Waals surface area (Å²) in [6.07, 6.45) is 2.94. The Morgan fingerprint density at radius 1 is 1.57 bits per heavy atom. The minimum atomic E-state index is -0.481. The topological polar surface area (TPSA) is 44.8 Å². The van der Waals surface area contributed by atoms with E-state index in [0.29, 0.717) is 6.61 Å². The first-order chi connectivity index (χ1) is 6.76. The third-order valence-electron chi connectivity index (χ3n) is 1.95. The van der Waals surface area contributed by atoms with E-state index in [2.05, 4.69) is 6.58 Å². The molecule has 0 N–H and O–H groups in total. The van der Waals surface area contributed by atoms with Gasteiger partial charge >= 0.3 is 5.97 Å². The SMILES string of the molecule is C=CC(=O)OC1CCCC(OCC)O1. The normalized spacial score (nSPS) is 26.9. The highest BCUT2D eigenvalue weighted by atomic mass is 16.8. The Balaban J connectivity index is 2.32. The highest BCUT2D eigenvalue weighted by molar-refractivity contribution is 5.81. The molecule has 80 valence electrons. The van der Waals surface area contributed by atoms with E-state index in [1.54, 1.807) is 0 Å². The van der Waals surface area contributed by atoms with Crippen LogP contribution in [0.2, 0.25) is 0 Å². The summed E-state index contributed by atoms with van der Waals surface area (Å²) in [7, 11) is 0. The summed E-state index contributed by atoms with van der Waals surface area (Å²) in [6, 6.07) is 0. The molecule has 0 aliphatic carbocycles. The van der Waals surface area contributed by atoms with E-state index < -0.39 is 12.3 Å². The van der Waals surface area contributed by atoms with Gasteiger partial charge in [-0.1, -0.05) is 6.58 Å². The largest absolute Gasteiger partial charge is 0.433 e. The maximum Gasteiger partial charge on any atom is 0.332 e. The van der Waals surface area contributed by atoms with Crippen molar-refractivity contribution < 1.29 is 19.0 Å². The van der Waals surface area contributed by atoms with Gasteiger partial charge in [0, 0.05) is 19.1 Å². The Labute approximate surface area is 83.8 Å². The first-order valence-corrected chi connectivity index (χ1v) is 4.86. The van der Waals surface area contributed by atoms with Gasteiger partial charge in [-0.3, -0.25) is 0 Å². The summed E-state index contributed by atoms with van der Waals surface area (Å²) in [4.78, 5) is 10.9. The predicted molar refractivity (Wildman–Crippen MR) is 50.4 cm³/mol. The molecule has 0 aromatic rings. The van der Waals surface area contributed by atoms with Crippen molar-refractivity contribution in [1.82, 2.24) is 0 Å². The zero-order valence-electron chi connectivity index (χ0n) is 8.40. The van der Waals surface area contributed by atoms with Crippen LogP contribution >= 0.6 is 0 Å². The van der Waals surface area contributed by atoms with Crippen LogP contribution in [0.15, 0.2) is 12.7 Å². The number of ether oxygens (including phenoxy) is 3. The average molecular weight is 200 g/mol. The maximum atomic E-state index is 10.9. The van der Waals surface area contributed by atoms with E-state index in [1.807, 2.05) is 6.92 Å². The molecule has 1 saturated heterocycles. The first kappa shape index (κ1) is 11.2. The van der Waals surface area contributed by atoms with Gasteiger partial charge in [0.05, 0.1) is 0 Å². The number of rotatable bonds is 4. The quantitative estimate of drug-likeness (QED) is 0.511. The summed E-state index contributed by atoms with van der Waals surface area (Å²) >= 11 is 0. The highest BCUT2D eigenvalue weighted by Gasteiger charge is 2.24. The monoisotopic (exact) mass is 200 g/mol. The number of carbonyl (C=O) groups is 1. The van der Waals surface area contributed by atoms with Gasteiger partial charge in [0.2, 0.25) is 6.29 Å². The van der Waals surface area contributed by atoms with Crippen molar-refractivity contribution in [2.45, 2.75) is 38.8 Å². The van der Waals surface area contributed by atoms with Crippen molar-refractivity contribution in [2.24, 2.45) is 0 Å². The molecular formula is C10H16O4. The number of hydrogen-bond donors (Lipinski definition) is 0. The summed E-state index contributed by atoms with van der Waals surface area (Å²) in [5.41, 5.74) is 0. The molecule has 1 aliphatic heterocycles. The molecule has 0 radical (unpaired) electrons. The third-order valence-corrected chi connectivity index (χ3v) is 1.95. The number of esters is 1. The zero-order chi connectivity index (χ0) is 10.4. The molecule has 1 aliphatic rings. The van der Waals surface area contributed by atoms with Crippen molar-refractivity contribution in [2.75, 3.05) is 6.61 Å². The van der Waals surface area contributed by atoms with Gasteiger partial charge in [-0.25, -0.2) is 4.79 Å². The lowest BCUT2D eigenvalue weighted by Crippen LogP contribution is -2.32. The molecule has 1 fully saturated rings. The second-order valence-electron chi connectivity index (χ2n) is 3.02. The molecule has 0 bridgehead atoms. The van der Waals surface area contributed by atoms with Crippen LogP contribution in [0.4, 0.5) is 0 Å². The van der Waals surface area contributed by atoms with Gasteiger partial charge in [-0.05, 0) is 19.8 Å². The van der Waals surface area contributed by atoms with Crippen LogP contribution < -0.4 is 0 Å². The second-order valence-corrected chi connectivity index (χ2v) is 3.02. The fraction of sp³-hybridized carbons (Fsp3) is 0.700. The average Bonchev–Trinajstić information content (AvgIpc) is 2.19. The molecular weight excluding hydrogens is 184 g/mol. The highest BCUT2D eigenvalue weighted by Crippen LogP contribution is 2.20. The van der Waals surface area contributed by atoms with Crippen molar-refractivity contribution in [3.63, 3.8) is 0 Å². The number of hydrogen-bond acceptors (Lipinski definition) is 4. The van der Waals surface area contributed by atoms with E-state index in [1.165, 1.54) is 0 Å². The van der Waals surface area contributed by atoms with Gasteiger partial charge in [0.15, 0.2) is 6.29 Å². The van der Waals surface area contributed by atoms with Gasteiger partial charge in [0.1, 0.15) is 0 Å². The molecule has 1 rings (SSSR count). The molecule has 0 spiro atoms. The minimum Gasteiger partial charge on any atom is -0.433 e. The van der Waals surface area contributed by atoms with Crippen LogP contribution in [0, 0.1) is 0 Å². The fourth-order valence-electron chi connectivity index (χ4n) is 1.33. The molecule has 14 heavy (non-hydrogen) atoms. The Morgan fingerprint density at radius 3 is 2.93 bits per heavy atom. The summed E-state index contributed by atoms with van der Waals surface area (Å²) in [5, 5.41) is 0. The van der Waals surface area contributed by atoms with Crippen LogP contribution in [0.25, 0.3) is 0 Å². The summed E-state index contributed by atoms with van der Waals surface area (Å²) in [5.74, 6) is -0.452. The lowest BCUT2D eigenvalue weighted by molar-refractivity contribution is -0.257. The van der Waals surface area contributed by atoms with Crippen molar-refractivity contribution in [3.05, 3.63) is 12.7 Å². The van der Waals surface area contributed by atoms with Crippen molar-refractivity contribution >= 4 is 5.97 Å². The lowest BCUT2D eigenvalue weighted by atomic mass is 10.2. The Kier molecular flexibility index (Phi) is 4.62. The van der Waals surface area contributed by atoms with Crippen LogP contribution in [-0.4, -0.2) is 25.2 Å². The van der Waals surface area contributed by atoms with E-state index in [0.717, 1.165) is 25.3 Å². The Hall–Kier alpha value is -0.870. The smallest absolute Gasteiger partial charge is 0.332 e. The molecule has 2 unspecified atom stereocenters. The van der Waals surface area contributed by atoms with Gasteiger partial charge in [-0.2, -0.15) is 0 Å².